The van der Waals surface area contributed by atoms with Crippen molar-refractivity contribution in [3.05, 3.63) is 24.4 Å². The predicted molar refractivity (Wildman–Crippen MR) is 74.1 cm³/mol. The largest absolute Gasteiger partial charge is 0.339 e. The molecular formula is C15H21N3O2. The van der Waals surface area contributed by atoms with E-state index in [0.717, 1.165) is 44.1 Å². The molecule has 2 aliphatic rings. The molecule has 0 N–H and O–H groups in total. The minimum atomic E-state index is 0.0357. The lowest BCUT2D eigenvalue weighted by molar-refractivity contribution is -0.127. The van der Waals surface area contributed by atoms with Crippen LogP contribution in [0.3, 0.4) is 0 Å². The summed E-state index contributed by atoms with van der Waals surface area (Å²) >= 11 is 0. The second kappa shape index (κ2) is 5.77. The van der Waals surface area contributed by atoms with E-state index in [1.54, 1.807) is 0 Å². The van der Waals surface area contributed by atoms with Gasteiger partial charge >= 0.3 is 0 Å². The Morgan fingerprint density at radius 1 is 1.35 bits per heavy atom. The predicted octanol–water partition coefficient (Wildman–Crippen LogP) is 2.30. The summed E-state index contributed by atoms with van der Waals surface area (Å²) in [5.74, 6) is 2.76. The minimum Gasteiger partial charge on any atom is -0.339 e. The van der Waals surface area contributed by atoms with Crippen molar-refractivity contribution in [2.75, 3.05) is 13.1 Å². The van der Waals surface area contributed by atoms with E-state index in [4.69, 9.17) is 4.52 Å². The average molecular weight is 275 g/mol. The number of hydrogen-bond donors (Lipinski definition) is 0. The third kappa shape index (κ3) is 2.76. The molecule has 1 amide bonds. The maximum atomic E-state index is 11.5. The summed E-state index contributed by atoms with van der Waals surface area (Å²) in [5.41, 5.74) is 0. The van der Waals surface area contributed by atoms with Crippen LogP contribution in [0.1, 0.15) is 49.7 Å². The molecule has 0 atom stereocenters. The molecule has 1 saturated carbocycles. The van der Waals surface area contributed by atoms with E-state index < -0.39 is 0 Å². The molecule has 108 valence electrons. The molecule has 2 heterocycles. The summed E-state index contributed by atoms with van der Waals surface area (Å²) in [4.78, 5) is 17.9. The quantitative estimate of drug-likeness (QED) is 0.791. The van der Waals surface area contributed by atoms with Crippen molar-refractivity contribution in [1.29, 1.82) is 0 Å². The Kier molecular flexibility index (Phi) is 3.85. The number of likely N-dealkylation sites (tertiary alicyclic amines) is 1. The number of carbonyl (C=O) groups excluding carboxylic acids is 1. The summed E-state index contributed by atoms with van der Waals surface area (Å²) in [7, 11) is 0. The van der Waals surface area contributed by atoms with Crippen molar-refractivity contribution in [2.45, 2.75) is 44.4 Å². The van der Waals surface area contributed by atoms with Crippen LogP contribution in [0, 0.1) is 5.92 Å². The average Bonchev–Trinajstić information content (AvgIpc) is 2.85. The third-order valence-electron chi connectivity index (χ3n) is 4.52. The standard InChI is InChI=1S/C15H21N3O2/c1-2-14(19)18-8-6-11(7-9-18)10-13-16-15(17-20-13)12-4-3-5-12/h2,11-12H,1,3-10H2. The Labute approximate surface area is 119 Å². The van der Waals surface area contributed by atoms with Crippen molar-refractivity contribution in [3.8, 4) is 0 Å². The molecule has 5 heteroatoms. The number of amides is 1. The molecule has 1 aromatic heterocycles. The van der Waals surface area contributed by atoms with Crippen LogP contribution < -0.4 is 0 Å². The normalized spacial score (nSPS) is 20.7. The number of piperidine rings is 1. The van der Waals surface area contributed by atoms with Crippen LogP contribution in [0.15, 0.2) is 17.2 Å². The van der Waals surface area contributed by atoms with Crippen molar-refractivity contribution in [1.82, 2.24) is 15.0 Å². The number of rotatable bonds is 4. The third-order valence-corrected chi connectivity index (χ3v) is 4.52. The highest BCUT2D eigenvalue weighted by molar-refractivity contribution is 5.87. The first-order valence-electron chi connectivity index (χ1n) is 7.50. The molecular weight excluding hydrogens is 254 g/mol. The summed E-state index contributed by atoms with van der Waals surface area (Å²) in [5, 5.41) is 4.10. The molecule has 0 bridgehead atoms. The van der Waals surface area contributed by atoms with Crippen LogP contribution in [-0.2, 0) is 11.2 Å². The van der Waals surface area contributed by atoms with Crippen molar-refractivity contribution in [2.24, 2.45) is 5.92 Å². The SMILES string of the molecule is C=CC(=O)N1CCC(Cc2nc(C3CCC3)no2)CC1. The molecule has 0 spiro atoms. The van der Waals surface area contributed by atoms with E-state index in [-0.39, 0.29) is 5.91 Å². The zero-order chi connectivity index (χ0) is 13.9. The van der Waals surface area contributed by atoms with Gasteiger partial charge in [-0.25, -0.2) is 0 Å². The van der Waals surface area contributed by atoms with Gasteiger partial charge in [-0.05, 0) is 37.7 Å². The summed E-state index contributed by atoms with van der Waals surface area (Å²) in [6, 6.07) is 0. The lowest BCUT2D eigenvalue weighted by Gasteiger charge is -2.30. The monoisotopic (exact) mass is 275 g/mol. The molecule has 0 aromatic carbocycles. The zero-order valence-electron chi connectivity index (χ0n) is 11.8. The number of hydrogen-bond acceptors (Lipinski definition) is 4. The summed E-state index contributed by atoms with van der Waals surface area (Å²) in [6.07, 6.45) is 7.91. The fourth-order valence-electron chi connectivity index (χ4n) is 2.92. The lowest BCUT2D eigenvalue weighted by atomic mass is 9.85. The maximum absolute atomic E-state index is 11.5. The van der Waals surface area contributed by atoms with Gasteiger partial charge in [0.05, 0.1) is 0 Å². The molecule has 1 aliphatic heterocycles. The summed E-state index contributed by atoms with van der Waals surface area (Å²) in [6.45, 7) is 5.14. The van der Waals surface area contributed by atoms with Crippen LogP contribution in [0.25, 0.3) is 0 Å². The van der Waals surface area contributed by atoms with Crippen LogP contribution in [-0.4, -0.2) is 34.0 Å². The van der Waals surface area contributed by atoms with E-state index in [0.29, 0.717) is 11.8 Å². The van der Waals surface area contributed by atoms with E-state index in [9.17, 15) is 4.79 Å². The van der Waals surface area contributed by atoms with Gasteiger partial charge in [0, 0.05) is 25.4 Å². The van der Waals surface area contributed by atoms with E-state index in [2.05, 4.69) is 16.7 Å². The molecule has 20 heavy (non-hydrogen) atoms. The topological polar surface area (TPSA) is 59.2 Å². The Morgan fingerprint density at radius 2 is 2.10 bits per heavy atom. The molecule has 1 aromatic rings. The molecule has 1 aliphatic carbocycles. The van der Waals surface area contributed by atoms with Crippen molar-refractivity contribution in [3.63, 3.8) is 0 Å². The van der Waals surface area contributed by atoms with Gasteiger partial charge in [-0.1, -0.05) is 18.2 Å². The number of aromatic nitrogens is 2. The van der Waals surface area contributed by atoms with Crippen LogP contribution in [0.2, 0.25) is 0 Å². The summed E-state index contributed by atoms with van der Waals surface area (Å²) < 4.78 is 5.36. The molecule has 5 nitrogen and oxygen atoms in total. The molecule has 1 saturated heterocycles. The van der Waals surface area contributed by atoms with E-state index in [1.165, 1.54) is 25.3 Å². The molecule has 0 radical (unpaired) electrons. The van der Waals surface area contributed by atoms with Gasteiger partial charge < -0.3 is 9.42 Å². The fourth-order valence-corrected chi connectivity index (χ4v) is 2.92. The van der Waals surface area contributed by atoms with Gasteiger partial charge in [-0.3, -0.25) is 4.79 Å². The molecule has 2 fully saturated rings. The first-order valence-corrected chi connectivity index (χ1v) is 7.50. The van der Waals surface area contributed by atoms with E-state index in [1.807, 2.05) is 4.90 Å². The number of carbonyl (C=O) groups is 1. The van der Waals surface area contributed by atoms with Gasteiger partial charge in [0.1, 0.15) is 0 Å². The Bertz CT molecular complexity index is 485. The van der Waals surface area contributed by atoms with Gasteiger partial charge in [-0.15, -0.1) is 0 Å². The second-order valence-corrected chi connectivity index (χ2v) is 5.85. The van der Waals surface area contributed by atoms with Crippen LogP contribution in [0.4, 0.5) is 0 Å². The molecule has 0 unspecified atom stereocenters. The van der Waals surface area contributed by atoms with Gasteiger partial charge in [0.15, 0.2) is 5.82 Å². The Balaban J connectivity index is 1.50. The fraction of sp³-hybridized carbons (Fsp3) is 0.667. The second-order valence-electron chi connectivity index (χ2n) is 5.85. The molecule has 3 rings (SSSR count). The smallest absolute Gasteiger partial charge is 0.245 e. The van der Waals surface area contributed by atoms with Gasteiger partial charge in [0.2, 0.25) is 11.8 Å². The van der Waals surface area contributed by atoms with E-state index >= 15 is 0 Å². The Morgan fingerprint density at radius 3 is 2.70 bits per heavy atom. The van der Waals surface area contributed by atoms with Crippen LogP contribution in [0.5, 0.6) is 0 Å². The maximum Gasteiger partial charge on any atom is 0.245 e. The van der Waals surface area contributed by atoms with Crippen molar-refractivity contribution < 1.29 is 9.32 Å². The van der Waals surface area contributed by atoms with Crippen LogP contribution >= 0.6 is 0 Å². The van der Waals surface area contributed by atoms with Gasteiger partial charge in [0.25, 0.3) is 0 Å². The minimum absolute atomic E-state index is 0.0357. The highest BCUT2D eigenvalue weighted by atomic mass is 16.5. The first-order chi connectivity index (χ1) is 9.76. The zero-order valence-corrected chi connectivity index (χ0v) is 11.8. The lowest BCUT2D eigenvalue weighted by Crippen LogP contribution is -2.37. The van der Waals surface area contributed by atoms with Gasteiger partial charge in [-0.2, -0.15) is 4.98 Å². The van der Waals surface area contributed by atoms with Crippen molar-refractivity contribution >= 4 is 5.91 Å². The highest BCUT2D eigenvalue weighted by Crippen LogP contribution is 2.34. The Hall–Kier alpha value is -1.65. The first kappa shape index (κ1) is 13.3. The highest BCUT2D eigenvalue weighted by Gasteiger charge is 2.26. The number of nitrogens with zero attached hydrogens (tertiary/aromatic N) is 3.